The topological polar surface area (TPSA) is 67.4 Å². The molecule has 0 spiro atoms. The normalized spacial score (nSPS) is 19.4. The average Bonchev–Trinajstić information content (AvgIpc) is 2.86. The molecule has 1 aliphatic heterocycles. The van der Waals surface area contributed by atoms with Crippen LogP contribution in [0.25, 0.3) is 0 Å². The second-order valence-corrected chi connectivity index (χ2v) is 8.92. The molecule has 2 N–H and O–H groups in total. The Morgan fingerprint density at radius 1 is 1.03 bits per heavy atom. The van der Waals surface area contributed by atoms with E-state index in [2.05, 4.69) is 32.7 Å². The smallest absolute Gasteiger partial charge is 0.191 e. The number of hydrogen-bond acceptors (Lipinski definition) is 5. The first kappa shape index (κ1) is 24.6. The Balaban J connectivity index is 1.52. The van der Waals surface area contributed by atoms with Crippen LogP contribution < -0.4 is 20.1 Å². The van der Waals surface area contributed by atoms with Crippen LogP contribution in [0.2, 0.25) is 0 Å². The lowest BCUT2D eigenvalue weighted by molar-refractivity contribution is 0.0372. The molecular weight excluding hydrogens is 404 g/mol. The zero-order chi connectivity index (χ0) is 22.7. The van der Waals surface area contributed by atoms with E-state index in [1.165, 1.54) is 44.1 Å². The molecule has 0 radical (unpaired) electrons. The van der Waals surface area contributed by atoms with Gasteiger partial charge in [-0.2, -0.15) is 0 Å². The second-order valence-electron chi connectivity index (χ2n) is 8.92. The van der Waals surface area contributed by atoms with E-state index in [1.54, 1.807) is 14.2 Å². The average molecular weight is 447 g/mol. The molecule has 7 heteroatoms. The molecule has 7 nitrogen and oxygen atoms in total. The van der Waals surface area contributed by atoms with Crippen LogP contribution in [0.5, 0.6) is 11.5 Å². The third-order valence-corrected chi connectivity index (χ3v) is 6.92. The van der Waals surface area contributed by atoms with E-state index in [4.69, 9.17) is 14.2 Å². The fraction of sp³-hybridized carbons (Fsp3) is 0.720. The van der Waals surface area contributed by atoms with Crippen molar-refractivity contribution in [3.8, 4) is 11.5 Å². The lowest BCUT2D eigenvalue weighted by Gasteiger charge is -2.38. The van der Waals surface area contributed by atoms with Crippen molar-refractivity contribution in [3.63, 3.8) is 0 Å². The number of aliphatic imine (C=N–C) groups is 1. The molecule has 1 aromatic carbocycles. The monoisotopic (exact) mass is 446 g/mol. The van der Waals surface area contributed by atoms with Gasteiger partial charge in [0.2, 0.25) is 0 Å². The van der Waals surface area contributed by atoms with Gasteiger partial charge in [0.25, 0.3) is 0 Å². The number of methoxy groups -OCH3 is 2. The third kappa shape index (κ3) is 6.75. The molecule has 180 valence electrons. The van der Waals surface area contributed by atoms with E-state index in [-0.39, 0.29) is 5.41 Å². The summed E-state index contributed by atoms with van der Waals surface area (Å²) < 4.78 is 16.5. The van der Waals surface area contributed by atoms with Crippen molar-refractivity contribution >= 4 is 5.96 Å². The fourth-order valence-corrected chi connectivity index (χ4v) is 4.93. The maximum Gasteiger partial charge on any atom is 0.191 e. The first-order chi connectivity index (χ1) is 15.7. The molecule has 2 fully saturated rings. The Morgan fingerprint density at radius 2 is 1.78 bits per heavy atom. The van der Waals surface area contributed by atoms with Gasteiger partial charge in [-0.3, -0.25) is 9.89 Å². The van der Waals surface area contributed by atoms with Crippen LogP contribution in [0.4, 0.5) is 0 Å². The highest BCUT2D eigenvalue weighted by atomic mass is 16.5. The molecule has 0 unspecified atom stereocenters. The second kappa shape index (κ2) is 12.9. The fourth-order valence-electron chi connectivity index (χ4n) is 4.93. The number of guanidine groups is 1. The van der Waals surface area contributed by atoms with E-state index in [1.807, 2.05) is 13.1 Å². The Labute approximate surface area is 193 Å². The van der Waals surface area contributed by atoms with Gasteiger partial charge in [0.1, 0.15) is 0 Å². The van der Waals surface area contributed by atoms with Crippen LogP contribution >= 0.6 is 0 Å². The number of rotatable bonds is 10. The Hall–Kier alpha value is -1.99. The van der Waals surface area contributed by atoms with Crippen molar-refractivity contribution in [3.05, 3.63) is 23.8 Å². The molecule has 0 aromatic heterocycles. The molecule has 0 atom stereocenters. The van der Waals surface area contributed by atoms with Gasteiger partial charge in [-0.15, -0.1) is 0 Å². The molecular formula is C25H42N4O3. The Kier molecular flexibility index (Phi) is 9.93. The minimum atomic E-state index is 0.0890. The summed E-state index contributed by atoms with van der Waals surface area (Å²) in [5.74, 6) is 2.48. The summed E-state index contributed by atoms with van der Waals surface area (Å²) in [5, 5.41) is 7.13. The molecule has 1 heterocycles. The summed E-state index contributed by atoms with van der Waals surface area (Å²) in [7, 11) is 5.25. The molecule has 1 aromatic rings. The van der Waals surface area contributed by atoms with Crippen molar-refractivity contribution in [1.29, 1.82) is 0 Å². The summed E-state index contributed by atoms with van der Waals surface area (Å²) in [6.07, 6.45) is 8.49. The maximum atomic E-state index is 5.59. The van der Waals surface area contributed by atoms with Crippen molar-refractivity contribution in [2.75, 3.05) is 67.2 Å². The zero-order valence-corrected chi connectivity index (χ0v) is 20.3. The van der Waals surface area contributed by atoms with Crippen molar-refractivity contribution in [2.24, 2.45) is 4.99 Å². The Morgan fingerprint density at radius 3 is 2.47 bits per heavy atom. The van der Waals surface area contributed by atoms with E-state index < -0.39 is 0 Å². The first-order valence-corrected chi connectivity index (χ1v) is 12.2. The standard InChI is InChI=1S/C25H42N4O3/c1-26-24(27-13-7-8-14-29-15-17-32-18-16-29)28-20-25(11-5-4-6-12-25)21-9-10-22(30-2)23(19-21)31-3/h9-10,19H,4-8,11-18,20H2,1-3H3,(H2,26,27,28). The van der Waals surface area contributed by atoms with Gasteiger partial charge < -0.3 is 24.8 Å². The molecule has 1 saturated carbocycles. The van der Waals surface area contributed by atoms with Gasteiger partial charge in [0.15, 0.2) is 17.5 Å². The minimum absolute atomic E-state index is 0.0890. The largest absolute Gasteiger partial charge is 0.493 e. The number of nitrogens with zero attached hydrogens (tertiary/aromatic N) is 2. The summed E-state index contributed by atoms with van der Waals surface area (Å²) in [6.45, 7) is 6.83. The van der Waals surface area contributed by atoms with E-state index in [0.29, 0.717) is 0 Å². The molecule has 32 heavy (non-hydrogen) atoms. The predicted octanol–water partition coefficient (Wildman–Crippen LogP) is 3.18. The van der Waals surface area contributed by atoms with Crippen LogP contribution in [0.1, 0.15) is 50.5 Å². The van der Waals surface area contributed by atoms with Gasteiger partial charge in [0.05, 0.1) is 27.4 Å². The molecule has 0 amide bonds. The summed E-state index contributed by atoms with van der Waals surface area (Å²) in [6, 6.07) is 6.40. The van der Waals surface area contributed by atoms with Gasteiger partial charge in [-0.1, -0.05) is 25.3 Å². The van der Waals surface area contributed by atoms with Gasteiger partial charge in [0, 0.05) is 38.6 Å². The summed E-state index contributed by atoms with van der Waals surface area (Å²) in [5.41, 5.74) is 1.41. The predicted molar refractivity (Wildman–Crippen MR) is 130 cm³/mol. The number of unbranched alkanes of at least 4 members (excludes halogenated alkanes) is 1. The minimum Gasteiger partial charge on any atom is -0.493 e. The van der Waals surface area contributed by atoms with E-state index >= 15 is 0 Å². The Bertz CT molecular complexity index is 713. The number of nitrogens with one attached hydrogen (secondary N) is 2. The lowest BCUT2D eigenvalue weighted by Crippen LogP contribution is -2.46. The highest BCUT2D eigenvalue weighted by Gasteiger charge is 2.34. The maximum absolute atomic E-state index is 5.59. The van der Waals surface area contributed by atoms with Crippen molar-refractivity contribution < 1.29 is 14.2 Å². The first-order valence-electron chi connectivity index (χ1n) is 12.2. The van der Waals surface area contributed by atoms with Crippen LogP contribution in [-0.2, 0) is 10.2 Å². The quantitative estimate of drug-likeness (QED) is 0.327. The van der Waals surface area contributed by atoms with Crippen LogP contribution in [0.15, 0.2) is 23.2 Å². The van der Waals surface area contributed by atoms with Gasteiger partial charge in [-0.25, -0.2) is 0 Å². The van der Waals surface area contributed by atoms with Crippen LogP contribution in [0, 0.1) is 0 Å². The van der Waals surface area contributed by atoms with Crippen LogP contribution in [0.3, 0.4) is 0 Å². The summed E-state index contributed by atoms with van der Waals surface area (Å²) >= 11 is 0. The number of benzene rings is 1. The molecule has 1 aliphatic carbocycles. The highest BCUT2D eigenvalue weighted by Crippen LogP contribution is 2.42. The van der Waals surface area contributed by atoms with Gasteiger partial charge in [-0.05, 0) is 49.9 Å². The van der Waals surface area contributed by atoms with Crippen molar-refractivity contribution in [1.82, 2.24) is 15.5 Å². The number of hydrogen-bond donors (Lipinski definition) is 2. The van der Waals surface area contributed by atoms with E-state index in [0.717, 1.165) is 69.8 Å². The lowest BCUT2D eigenvalue weighted by atomic mass is 9.69. The number of ether oxygens (including phenoxy) is 3. The van der Waals surface area contributed by atoms with Crippen molar-refractivity contribution in [2.45, 2.75) is 50.4 Å². The third-order valence-electron chi connectivity index (χ3n) is 6.92. The molecule has 1 saturated heterocycles. The van der Waals surface area contributed by atoms with E-state index in [9.17, 15) is 0 Å². The molecule has 3 rings (SSSR count). The zero-order valence-electron chi connectivity index (χ0n) is 20.3. The molecule has 0 bridgehead atoms. The van der Waals surface area contributed by atoms with Gasteiger partial charge >= 0.3 is 0 Å². The SMILES string of the molecule is CN=C(NCCCCN1CCOCC1)NCC1(c2ccc(OC)c(OC)c2)CCCCC1. The number of morpholine rings is 1. The molecule has 2 aliphatic rings. The van der Waals surface area contributed by atoms with Crippen LogP contribution in [-0.4, -0.2) is 78.1 Å². The summed E-state index contributed by atoms with van der Waals surface area (Å²) in [4.78, 5) is 6.96. The highest BCUT2D eigenvalue weighted by molar-refractivity contribution is 5.79.